The number of hydrogen-bond acceptors (Lipinski definition) is 3. The summed E-state index contributed by atoms with van der Waals surface area (Å²) in [7, 11) is 2.10. The van der Waals surface area contributed by atoms with E-state index in [-0.39, 0.29) is 18.5 Å². The van der Waals surface area contributed by atoms with Crippen LogP contribution in [-0.2, 0) is 4.79 Å². The average molecular weight is 255 g/mol. The molecule has 0 aromatic heterocycles. The van der Waals surface area contributed by atoms with Crippen molar-refractivity contribution in [3.05, 3.63) is 0 Å². The molecule has 6 nitrogen and oxygen atoms in total. The van der Waals surface area contributed by atoms with Crippen LogP contribution < -0.4 is 5.32 Å². The lowest BCUT2D eigenvalue weighted by molar-refractivity contribution is -0.137. The van der Waals surface area contributed by atoms with Gasteiger partial charge in [0.05, 0.1) is 12.5 Å². The summed E-state index contributed by atoms with van der Waals surface area (Å²) in [6.45, 7) is 3.09. The van der Waals surface area contributed by atoms with E-state index in [2.05, 4.69) is 17.3 Å². The largest absolute Gasteiger partial charge is 0.481 e. The molecule has 18 heavy (non-hydrogen) atoms. The Morgan fingerprint density at radius 2 is 2.28 bits per heavy atom. The van der Waals surface area contributed by atoms with Gasteiger partial charge in [0.2, 0.25) is 0 Å². The van der Waals surface area contributed by atoms with Crippen LogP contribution in [0.1, 0.15) is 19.3 Å². The van der Waals surface area contributed by atoms with Gasteiger partial charge in [0.15, 0.2) is 0 Å². The Balaban J connectivity index is 1.85. The number of piperidine rings is 1. The third kappa shape index (κ3) is 3.13. The number of amides is 2. The van der Waals surface area contributed by atoms with Gasteiger partial charge in [-0.3, -0.25) is 4.79 Å². The highest BCUT2D eigenvalue weighted by atomic mass is 16.4. The minimum atomic E-state index is -0.858. The van der Waals surface area contributed by atoms with Gasteiger partial charge in [0, 0.05) is 19.6 Å². The van der Waals surface area contributed by atoms with Crippen molar-refractivity contribution in [3.63, 3.8) is 0 Å². The first-order valence-electron chi connectivity index (χ1n) is 6.52. The first kappa shape index (κ1) is 13.1. The molecule has 2 heterocycles. The number of likely N-dealkylation sites (tertiary alicyclic amines) is 1. The number of nitrogens with one attached hydrogen (secondary N) is 1. The highest BCUT2D eigenvalue weighted by Gasteiger charge is 2.35. The summed E-state index contributed by atoms with van der Waals surface area (Å²) in [5.41, 5.74) is 0. The van der Waals surface area contributed by atoms with E-state index < -0.39 is 5.97 Å². The number of urea groups is 1. The lowest BCUT2D eigenvalue weighted by atomic mass is 9.91. The van der Waals surface area contributed by atoms with Gasteiger partial charge >= 0.3 is 12.0 Å². The normalized spacial score (nSPS) is 29.4. The third-order valence-electron chi connectivity index (χ3n) is 3.84. The highest BCUT2D eigenvalue weighted by molar-refractivity contribution is 5.77. The average Bonchev–Trinajstić information content (AvgIpc) is 2.68. The molecule has 0 aromatic rings. The van der Waals surface area contributed by atoms with Crippen LogP contribution in [0.3, 0.4) is 0 Å². The Labute approximate surface area is 107 Å². The fourth-order valence-corrected chi connectivity index (χ4v) is 2.84. The maximum atomic E-state index is 11.7. The molecule has 0 aliphatic carbocycles. The van der Waals surface area contributed by atoms with Crippen molar-refractivity contribution < 1.29 is 14.7 Å². The number of aliphatic carboxylic acids is 1. The number of carbonyl (C=O) groups excluding carboxylic acids is 1. The number of hydrogen-bond donors (Lipinski definition) is 2. The van der Waals surface area contributed by atoms with Gasteiger partial charge in [-0.25, -0.2) is 4.79 Å². The van der Waals surface area contributed by atoms with Gasteiger partial charge in [-0.15, -0.1) is 0 Å². The number of nitrogens with zero attached hydrogens (tertiary/aromatic N) is 2. The van der Waals surface area contributed by atoms with Crippen molar-refractivity contribution >= 4 is 12.0 Å². The number of carboxylic acids is 1. The van der Waals surface area contributed by atoms with Gasteiger partial charge < -0.3 is 20.2 Å². The SMILES string of the molecule is CN1CCCC(C2CN(CCC(=O)O)C(=O)N2)C1. The molecule has 2 fully saturated rings. The fourth-order valence-electron chi connectivity index (χ4n) is 2.84. The van der Waals surface area contributed by atoms with Crippen molar-refractivity contribution in [1.29, 1.82) is 0 Å². The minimum absolute atomic E-state index is 0.0186. The van der Waals surface area contributed by atoms with Crippen LogP contribution in [0.5, 0.6) is 0 Å². The summed E-state index contributed by atoms with van der Waals surface area (Å²) < 4.78 is 0. The Hall–Kier alpha value is -1.30. The lowest BCUT2D eigenvalue weighted by Crippen LogP contribution is -2.43. The van der Waals surface area contributed by atoms with Crippen LogP contribution >= 0.6 is 0 Å². The van der Waals surface area contributed by atoms with Gasteiger partial charge in [0.1, 0.15) is 0 Å². The topological polar surface area (TPSA) is 72.9 Å². The summed E-state index contributed by atoms with van der Waals surface area (Å²) in [6, 6.07) is 0.0588. The Kier molecular flexibility index (Phi) is 4.06. The maximum absolute atomic E-state index is 11.7. The van der Waals surface area contributed by atoms with E-state index in [0.29, 0.717) is 19.0 Å². The standard InChI is InChI=1S/C12H21N3O3/c1-14-5-2-3-9(7-14)10-8-15(12(18)13-10)6-4-11(16)17/h9-10H,2-8H2,1H3,(H,13,18)(H,16,17). The summed E-state index contributed by atoms with van der Waals surface area (Å²) in [4.78, 5) is 26.2. The van der Waals surface area contributed by atoms with Gasteiger partial charge in [0.25, 0.3) is 0 Å². The summed E-state index contributed by atoms with van der Waals surface area (Å²) in [5.74, 6) is -0.369. The molecule has 2 aliphatic heterocycles. The molecule has 2 rings (SSSR count). The third-order valence-corrected chi connectivity index (χ3v) is 3.84. The second-order valence-electron chi connectivity index (χ2n) is 5.31. The van der Waals surface area contributed by atoms with E-state index in [1.807, 2.05) is 0 Å². The molecule has 0 aromatic carbocycles. The first-order chi connectivity index (χ1) is 8.56. The second kappa shape index (κ2) is 5.56. The molecule has 2 amide bonds. The first-order valence-corrected chi connectivity index (χ1v) is 6.52. The molecule has 102 valence electrons. The molecular formula is C12H21N3O3. The lowest BCUT2D eigenvalue weighted by Gasteiger charge is -2.32. The van der Waals surface area contributed by atoms with Crippen molar-refractivity contribution in [2.24, 2.45) is 5.92 Å². The second-order valence-corrected chi connectivity index (χ2v) is 5.31. The molecule has 2 atom stereocenters. The Bertz CT molecular complexity index is 335. The fraction of sp³-hybridized carbons (Fsp3) is 0.833. The van der Waals surface area contributed by atoms with E-state index in [4.69, 9.17) is 5.11 Å². The Morgan fingerprint density at radius 3 is 2.94 bits per heavy atom. The molecule has 0 spiro atoms. The zero-order valence-corrected chi connectivity index (χ0v) is 10.8. The zero-order valence-electron chi connectivity index (χ0n) is 10.8. The molecule has 2 N–H and O–H groups in total. The molecular weight excluding hydrogens is 234 g/mol. The smallest absolute Gasteiger partial charge is 0.317 e. The van der Waals surface area contributed by atoms with Crippen LogP contribution in [0.25, 0.3) is 0 Å². The van der Waals surface area contributed by atoms with E-state index in [1.54, 1.807) is 4.90 Å². The summed E-state index contributed by atoms with van der Waals surface area (Å²) >= 11 is 0. The van der Waals surface area contributed by atoms with Gasteiger partial charge in [-0.2, -0.15) is 0 Å². The van der Waals surface area contributed by atoms with Crippen molar-refractivity contribution in [2.45, 2.75) is 25.3 Å². The van der Waals surface area contributed by atoms with Crippen molar-refractivity contribution in [3.8, 4) is 0 Å². The monoisotopic (exact) mass is 255 g/mol. The van der Waals surface area contributed by atoms with Gasteiger partial charge in [-0.05, 0) is 32.4 Å². The van der Waals surface area contributed by atoms with Crippen molar-refractivity contribution in [2.75, 3.05) is 33.2 Å². The number of rotatable bonds is 4. The number of carbonyl (C=O) groups is 2. The highest BCUT2D eigenvalue weighted by Crippen LogP contribution is 2.22. The van der Waals surface area contributed by atoms with Crippen LogP contribution in [0.15, 0.2) is 0 Å². The van der Waals surface area contributed by atoms with E-state index in [1.165, 1.54) is 6.42 Å². The van der Waals surface area contributed by atoms with Crippen molar-refractivity contribution in [1.82, 2.24) is 15.1 Å². The molecule has 6 heteroatoms. The van der Waals surface area contributed by atoms with Crippen LogP contribution in [0.2, 0.25) is 0 Å². The minimum Gasteiger partial charge on any atom is -0.481 e. The van der Waals surface area contributed by atoms with E-state index in [0.717, 1.165) is 19.5 Å². The van der Waals surface area contributed by atoms with E-state index in [9.17, 15) is 9.59 Å². The molecule has 2 aliphatic rings. The van der Waals surface area contributed by atoms with E-state index >= 15 is 0 Å². The quantitative estimate of drug-likeness (QED) is 0.752. The van der Waals surface area contributed by atoms with Crippen LogP contribution in [-0.4, -0.2) is 66.2 Å². The molecule has 0 saturated carbocycles. The Morgan fingerprint density at radius 1 is 1.50 bits per heavy atom. The summed E-state index contributed by atoms with van der Waals surface area (Å²) in [5, 5.41) is 11.6. The predicted molar refractivity (Wildman–Crippen MR) is 66.4 cm³/mol. The van der Waals surface area contributed by atoms with Crippen LogP contribution in [0, 0.1) is 5.92 Å². The number of carboxylic acid groups (broad SMARTS) is 1. The molecule has 0 bridgehead atoms. The van der Waals surface area contributed by atoms with Crippen LogP contribution in [0.4, 0.5) is 4.79 Å². The zero-order chi connectivity index (χ0) is 13.1. The summed E-state index contributed by atoms with van der Waals surface area (Å²) in [6.07, 6.45) is 2.33. The van der Waals surface area contributed by atoms with Gasteiger partial charge in [-0.1, -0.05) is 0 Å². The molecule has 0 radical (unpaired) electrons. The maximum Gasteiger partial charge on any atom is 0.317 e. The molecule has 2 unspecified atom stereocenters. The predicted octanol–water partition coefficient (Wildman–Crippen LogP) is 0.197. The molecule has 2 saturated heterocycles.